The number of halogens is 1. The minimum Gasteiger partial charge on any atom is -0.309 e. The van der Waals surface area contributed by atoms with Gasteiger partial charge in [0.1, 0.15) is 5.82 Å². The molecule has 0 radical (unpaired) electrons. The highest BCUT2D eigenvalue weighted by Crippen LogP contribution is 2.26. The molecule has 1 aromatic rings. The third-order valence-electron chi connectivity index (χ3n) is 5.14. The first kappa shape index (κ1) is 16.4. The quantitative estimate of drug-likeness (QED) is 0.887. The molecule has 0 saturated carbocycles. The summed E-state index contributed by atoms with van der Waals surface area (Å²) < 4.78 is 13.1. The number of rotatable bonds is 5. The molecule has 0 amide bonds. The summed E-state index contributed by atoms with van der Waals surface area (Å²) in [7, 11) is 0. The predicted molar refractivity (Wildman–Crippen MR) is 86.8 cm³/mol. The Kier molecular flexibility index (Phi) is 5.39. The summed E-state index contributed by atoms with van der Waals surface area (Å²) in [6.07, 6.45) is 2.31. The highest BCUT2D eigenvalue weighted by atomic mass is 19.1. The second-order valence-corrected chi connectivity index (χ2v) is 6.78. The van der Waals surface area contributed by atoms with Crippen LogP contribution in [0, 0.1) is 11.7 Å². The lowest BCUT2D eigenvalue weighted by molar-refractivity contribution is 0.0487. The highest BCUT2D eigenvalue weighted by Gasteiger charge is 2.36. The van der Waals surface area contributed by atoms with Gasteiger partial charge in [-0.05, 0) is 37.0 Å². The smallest absolute Gasteiger partial charge is 0.123 e. The molecule has 0 bridgehead atoms. The van der Waals surface area contributed by atoms with E-state index >= 15 is 0 Å². The van der Waals surface area contributed by atoms with Crippen LogP contribution in [0.1, 0.15) is 46.1 Å². The third-order valence-corrected chi connectivity index (χ3v) is 5.14. The van der Waals surface area contributed by atoms with Gasteiger partial charge in [-0.1, -0.05) is 39.3 Å². The molecule has 2 rings (SSSR count). The maximum absolute atomic E-state index is 13.1. The Bertz CT molecular complexity index is 445. The number of nitrogens with zero attached hydrogens (tertiary/aromatic N) is 1. The Labute approximate surface area is 128 Å². The van der Waals surface area contributed by atoms with Gasteiger partial charge in [0.05, 0.1) is 0 Å². The van der Waals surface area contributed by atoms with E-state index in [-0.39, 0.29) is 11.4 Å². The monoisotopic (exact) mass is 292 g/mol. The van der Waals surface area contributed by atoms with Gasteiger partial charge >= 0.3 is 0 Å². The Morgan fingerprint density at radius 3 is 2.57 bits per heavy atom. The summed E-state index contributed by atoms with van der Waals surface area (Å²) in [5, 5.41) is 3.73. The number of piperazine rings is 1. The molecule has 0 aliphatic carbocycles. The van der Waals surface area contributed by atoms with Crippen molar-refractivity contribution in [1.82, 2.24) is 10.2 Å². The summed E-state index contributed by atoms with van der Waals surface area (Å²) in [6.45, 7) is 12.1. The van der Waals surface area contributed by atoms with Gasteiger partial charge in [0, 0.05) is 31.2 Å². The van der Waals surface area contributed by atoms with Crippen molar-refractivity contribution >= 4 is 0 Å². The van der Waals surface area contributed by atoms with E-state index in [1.54, 1.807) is 12.1 Å². The second kappa shape index (κ2) is 6.89. The summed E-state index contributed by atoms with van der Waals surface area (Å²) in [5.41, 5.74) is 1.38. The predicted octanol–water partition coefficient (Wildman–Crippen LogP) is 3.81. The second-order valence-electron chi connectivity index (χ2n) is 6.78. The molecule has 0 spiro atoms. The fraction of sp³-hybridized carbons (Fsp3) is 0.667. The largest absolute Gasteiger partial charge is 0.309 e. The molecular weight excluding hydrogens is 263 g/mol. The van der Waals surface area contributed by atoms with Gasteiger partial charge in [-0.2, -0.15) is 0 Å². The zero-order chi connectivity index (χ0) is 15.5. The molecule has 1 aliphatic rings. The van der Waals surface area contributed by atoms with E-state index in [1.807, 2.05) is 12.1 Å². The van der Waals surface area contributed by atoms with E-state index in [9.17, 15) is 4.39 Å². The summed E-state index contributed by atoms with van der Waals surface area (Å²) in [4.78, 5) is 2.58. The van der Waals surface area contributed by atoms with Gasteiger partial charge in [0.25, 0.3) is 0 Å². The topological polar surface area (TPSA) is 15.3 Å². The first-order valence-corrected chi connectivity index (χ1v) is 8.21. The van der Waals surface area contributed by atoms with E-state index in [2.05, 4.69) is 37.9 Å². The zero-order valence-electron chi connectivity index (χ0n) is 13.8. The number of benzene rings is 1. The SMILES string of the molecule is CCC(C)C1CNC(C)(CC)CN1Cc1ccc(F)cc1. The molecule has 3 atom stereocenters. The highest BCUT2D eigenvalue weighted by molar-refractivity contribution is 5.16. The average Bonchev–Trinajstić information content (AvgIpc) is 2.49. The lowest BCUT2D eigenvalue weighted by Gasteiger charge is -2.48. The van der Waals surface area contributed by atoms with Crippen molar-refractivity contribution in [2.24, 2.45) is 5.92 Å². The van der Waals surface area contributed by atoms with Crippen LogP contribution in [-0.4, -0.2) is 29.6 Å². The van der Waals surface area contributed by atoms with Gasteiger partial charge in [-0.25, -0.2) is 4.39 Å². The van der Waals surface area contributed by atoms with E-state index < -0.39 is 0 Å². The minimum absolute atomic E-state index is 0.157. The molecule has 1 N–H and O–H groups in total. The molecule has 3 heteroatoms. The zero-order valence-corrected chi connectivity index (χ0v) is 13.8. The van der Waals surface area contributed by atoms with Crippen LogP contribution < -0.4 is 5.32 Å². The van der Waals surface area contributed by atoms with Crippen molar-refractivity contribution in [2.45, 2.75) is 58.7 Å². The molecule has 1 fully saturated rings. The Hall–Kier alpha value is -0.930. The molecule has 3 unspecified atom stereocenters. The molecule has 118 valence electrons. The van der Waals surface area contributed by atoms with E-state index in [4.69, 9.17) is 0 Å². The molecule has 1 heterocycles. The normalized spacial score (nSPS) is 28.5. The van der Waals surface area contributed by atoms with Crippen molar-refractivity contribution in [3.8, 4) is 0 Å². The van der Waals surface area contributed by atoms with Crippen LogP contribution in [0.15, 0.2) is 24.3 Å². The number of hydrogen-bond acceptors (Lipinski definition) is 2. The van der Waals surface area contributed by atoms with Crippen molar-refractivity contribution in [3.05, 3.63) is 35.6 Å². The molecule has 1 saturated heterocycles. The summed E-state index contributed by atoms with van der Waals surface area (Å²) in [6, 6.07) is 7.51. The van der Waals surface area contributed by atoms with Crippen LogP contribution >= 0.6 is 0 Å². The van der Waals surface area contributed by atoms with E-state index in [0.717, 1.165) is 26.1 Å². The van der Waals surface area contributed by atoms with E-state index in [1.165, 1.54) is 12.0 Å². The fourth-order valence-corrected chi connectivity index (χ4v) is 3.17. The van der Waals surface area contributed by atoms with Crippen LogP contribution in [0.25, 0.3) is 0 Å². The Balaban J connectivity index is 2.14. The number of nitrogens with one attached hydrogen (secondary N) is 1. The van der Waals surface area contributed by atoms with Crippen LogP contribution in [0.4, 0.5) is 4.39 Å². The van der Waals surface area contributed by atoms with Crippen molar-refractivity contribution in [2.75, 3.05) is 13.1 Å². The average molecular weight is 292 g/mol. The molecule has 1 aromatic carbocycles. The summed E-state index contributed by atoms with van der Waals surface area (Å²) in [5.74, 6) is 0.510. The van der Waals surface area contributed by atoms with Crippen molar-refractivity contribution in [3.63, 3.8) is 0 Å². The maximum atomic E-state index is 13.1. The standard InChI is InChI=1S/C18H29FN2/c1-5-14(3)17-11-20-18(4,6-2)13-21(17)12-15-7-9-16(19)10-8-15/h7-10,14,17,20H,5-6,11-13H2,1-4H3. The van der Waals surface area contributed by atoms with Gasteiger partial charge in [0.15, 0.2) is 0 Å². The lowest BCUT2D eigenvalue weighted by Crippen LogP contribution is -2.63. The summed E-state index contributed by atoms with van der Waals surface area (Å²) >= 11 is 0. The Morgan fingerprint density at radius 1 is 1.33 bits per heavy atom. The Morgan fingerprint density at radius 2 is 2.00 bits per heavy atom. The van der Waals surface area contributed by atoms with Gasteiger partial charge in [0.2, 0.25) is 0 Å². The molecular formula is C18H29FN2. The fourth-order valence-electron chi connectivity index (χ4n) is 3.17. The van der Waals surface area contributed by atoms with E-state index in [0.29, 0.717) is 12.0 Å². The van der Waals surface area contributed by atoms with Crippen LogP contribution in [0.2, 0.25) is 0 Å². The van der Waals surface area contributed by atoms with Crippen LogP contribution in [0.3, 0.4) is 0 Å². The molecule has 21 heavy (non-hydrogen) atoms. The first-order valence-electron chi connectivity index (χ1n) is 8.21. The van der Waals surface area contributed by atoms with Crippen LogP contribution in [0.5, 0.6) is 0 Å². The van der Waals surface area contributed by atoms with Gasteiger partial charge in [-0.3, -0.25) is 4.90 Å². The van der Waals surface area contributed by atoms with Gasteiger partial charge in [-0.15, -0.1) is 0 Å². The van der Waals surface area contributed by atoms with Crippen LogP contribution in [-0.2, 0) is 6.54 Å². The molecule has 2 nitrogen and oxygen atoms in total. The first-order chi connectivity index (χ1) is 9.97. The molecule has 0 aromatic heterocycles. The molecule has 1 aliphatic heterocycles. The lowest BCUT2D eigenvalue weighted by atomic mass is 9.88. The third kappa shape index (κ3) is 4.04. The minimum atomic E-state index is -0.157. The van der Waals surface area contributed by atoms with Crippen molar-refractivity contribution in [1.29, 1.82) is 0 Å². The van der Waals surface area contributed by atoms with Crippen molar-refractivity contribution < 1.29 is 4.39 Å². The van der Waals surface area contributed by atoms with Gasteiger partial charge < -0.3 is 5.32 Å². The maximum Gasteiger partial charge on any atom is 0.123 e. The number of hydrogen-bond donors (Lipinski definition) is 1.